The van der Waals surface area contributed by atoms with Crippen molar-refractivity contribution in [2.75, 3.05) is 5.32 Å². The normalized spacial score (nSPS) is 12.1. The Morgan fingerprint density at radius 2 is 1.95 bits per heavy atom. The van der Waals surface area contributed by atoms with Crippen molar-refractivity contribution >= 4 is 5.69 Å². The summed E-state index contributed by atoms with van der Waals surface area (Å²) >= 11 is 0. The lowest BCUT2D eigenvalue weighted by atomic mass is 10.1. The quantitative estimate of drug-likeness (QED) is 0.777. The summed E-state index contributed by atoms with van der Waals surface area (Å²) in [6.45, 7) is 2.05. The van der Waals surface area contributed by atoms with E-state index in [9.17, 15) is 4.39 Å². The molecule has 1 unspecified atom stereocenters. The van der Waals surface area contributed by atoms with Gasteiger partial charge >= 0.3 is 0 Å². The number of aromatic nitrogens is 2. The highest BCUT2D eigenvalue weighted by Crippen LogP contribution is 2.21. The van der Waals surface area contributed by atoms with Gasteiger partial charge < -0.3 is 9.88 Å². The first kappa shape index (κ1) is 13.4. The second kappa shape index (κ2) is 5.79. The van der Waals surface area contributed by atoms with Gasteiger partial charge in [0.25, 0.3) is 0 Å². The summed E-state index contributed by atoms with van der Waals surface area (Å²) < 4.78 is 15.1. The van der Waals surface area contributed by atoms with Gasteiger partial charge in [-0.25, -0.2) is 9.37 Å². The lowest BCUT2D eigenvalue weighted by Crippen LogP contribution is -2.06. The van der Waals surface area contributed by atoms with Crippen molar-refractivity contribution < 1.29 is 4.39 Å². The van der Waals surface area contributed by atoms with Crippen LogP contribution < -0.4 is 5.32 Å². The van der Waals surface area contributed by atoms with Crippen LogP contribution >= 0.6 is 0 Å². The predicted molar refractivity (Wildman–Crippen MR) is 82.0 cm³/mol. The number of halogens is 1. The minimum atomic E-state index is -0.234. The van der Waals surface area contributed by atoms with Gasteiger partial charge in [-0.15, -0.1) is 0 Å². The number of nitrogens with zero attached hydrogens (tertiary/aromatic N) is 2. The van der Waals surface area contributed by atoms with Crippen LogP contribution in [0.1, 0.15) is 18.5 Å². The second-order valence-corrected chi connectivity index (χ2v) is 4.94. The van der Waals surface area contributed by atoms with Crippen LogP contribution in [0.25, 0.3) is 5.69 Å². The first-order valence-corrected chi connectivity index (χ1v) is 6.83. The van der Waals surface area contributed by atoms with Gasteiger partial charge in [0.1, 0.15) is 5.82 Å². The summed E-state index contributed by atoms with van der Waals surface area (Å²) in [6, 6.07) is 14.8. The Kier molecular flexibility index (Phi) is 3.69. The summed E-state index contributed by atoms with van der Waals surface area (Å²) in [5.74, 6) is -0.234. The number of anilines is 1. The fourth-order valence-electron chi connectivity index (χ4n) is 2.26. The Bertz CT molecular complexity index is 705. The topological polar surface area (TPSA) is 29.9 Å². The van der Waals surface area contributed by atoms with Gasteiger partial charge in [-0.1, -0.05) is 18.2 Å². The minimum absolute atomic E-state index is 0.101. The summed E-state index contributed by atoms with van der Waals surface area (Å²) in [6.07, 6.45) is 5.43. The third-order valence-corrected chi connectivity index (χ3v) is 3.40. The van der Waals surface area contributed by atoms with Crippen molar-refractivity contribution in [3.63, 3.8) is 0 Å². The number of nitrogens with one attached hydrogen (secondary N) is 1. The molecule has 0 aliphatic heterocycles. The van der Waals surface area contributed by atoms with E-state index in [1.165, 1.54) is 12.1 Å². The molecule has 4 heteroatoms. The van der Waals surface area contributed by atoms with Crippen LogP contribution in [0.3, 0.4) is 0 Å². The molecule has 0 radical (unpaired) electrons. The molecule has 106 valence electrons. The smallest absolute Gasteiger partial charge is 0.125 e. The third-order valence-electron chi connectivity index (χ3n) is 3.40. The molecule has 21 heavy (non-hydrogen) atoms. The summed E-state index contributed by atoms with van der Waals surface area (Å²) in [5, 5.41) is 3.29. The summed E-state index contributed by atoms with van der Waals surface area (Å²) in [7, 11) is 0. The average Bonchev–Trinajstić information content (AvgIpc) is 3.01. The lowest BCUT2D eigenvalue weighted by molar-refractivity contribution is 0.628. The number of hydrogen-bond donors (Lipinski definition) is 1. The van der Waals surface area contributed by atoms with Crippen LogP contribution in [0.15, 0.2) is 67.3 Å². The van der Waals surface area contributed by atoms with Gasteiger partial charge in [0.2, 0.25) is 0 Å². The molecule has 0 aliphatic rings. The van der Waals surface area contributed by atoms with Gasteiger partial charge in [0.15, 0.2) is 0 Å². The summed E-state index contributed by atoms with van der Waals surface area (Å²) in [5.41, 5.74) is 2.98. The third kappa shape index (κ3) is 3.11. The molecule has 1 N–H and O–H groups in total. The lowest BCUT2D eigenvalue weighted by Gasteiger charge is -2.16. The van der Waals surface area contributed by atoms with E-state index in [-0.39, 0.29) is 11.9 Å². The number of imidazole rings is 1. The van der Waals surface area contributed by atoms with E-state index in [1.807, 2.05) is 29.0 Å². The number of rotatable bonds is 4. The van der Waals surface area contributed by atoms with E-state index in [2.05, 4.69) is 29.4 Å². The maximum Gasteiger partial charge on any atom is 0.125 e. The van der Waals surface area contributed by atoms with E-state index in [1.54, 1.807) is 18.6 Å². The van der Waals surface area contributed by atoms with Gasteiger partial charge in [-0.05, 0) is 42.8 Å². The molecule has 0 fully saturated rings. The molecule has 0 amide bonds. The van der Waals surface area contributed by atoms with Crippen molar-refractivity contribution in [1.82, 2.24) is 9.55 Å². The van der Waals surface area contributed by atoms with Gasteiger partial charge in [-0.2, -0.15) is 0 Å². The molecule has 0 spiro atoms. The Morgan fingerprint density at radius 3 is 2.62 bits per heavy atom. The van der Waals surface area contributed by atoms with E-state index in [4.69, 9.17) is 0 Å². The van der Waals surface area contributed by atoms with Crippen LogP contribution in [0.5, 0.6) is 0 Å². The highest BCUT2D eigenvalue weighted by Gasteiger charge is 2.06. The van der Waals surface area contributed by atoms with E-state index in [0.29, 0.717) is 0 Å². The van der Waals surface area contributed by atoms with Crippen molar-refractivity contribution in [3.8, 4) is 5.69 Å². The van der Waals surface area contributed by atoms with Crippen molar-refractivity contribution in [2.24, 2.45) is 0 Å². The van der Waals surface area contributed by atoms with Crippen LogP contribution in [-0.2, 0) is 0 Å². The molecular formula is C17H16FN3. The van der Waals surface area contributed by atoms with Crippen molar-refractivity contribution in [2.45, 2.75) is 13.0 Å². The first-order valence-electron chi connectivity index (χ1n) is 6.83. The molecule has 3 aromatic rings. The summed E-state index contributed by atoms with van der Waals surface area (Å²) in [4.78, 5) is 4.04. The Balaban J connectivity index is 1.74. The van der Waals surface area contributed by atoms with Crippen LogP contribution in [-0.4, -0.2) is 9.55 Å². The Labute approximate surface area is 123 Å². The molecular weight excluding hydrogens is 265 g/mol. The number of benzene rings is 2. The standard InChI is InChI=1S/C17H16FN3/c1-13(20-16-4-2-3-15(18)11-16)14-5-7-17(8-6-14)21-10-9-19-12-21/h2-13,20H,1H3. The van der Waals surface area contributed by atoms with E-state index >= 15 is 0 Å². The zero-order valence-electron chi connectivity index (χ0n) is 11.7. The van der Waals surface area contributed by atoms with Crippen LogP contribution in [0, 0.1) is 5.82 Å². The largest absolute Gasteiger partial charge is 0.378 e. The maximum absolute atomic E-state index is 13.2. The molecule has 0 saturated carbocycles. The number of hydrogen-bond acceptors (Lipinski definition) is 2. The highest BCUT2D eigenvalue weighted by atomic mass is 19.1. The molecule has 1 atom stereocenters. The van der Waals surface area contributed by atoms with Crippen molar-refractivity contribution in [1.29, 1.82) is 0 Å². The van der Waals surface area contributed by atoms with Crippen LogP contribution in [0.2, 0.25) is 0 Å². The average molecular weight is 281 g/mol. The van der Waals surface area contributed by atoms with E-state index < -0.39 is 0 Å². The maximum atomic E-state index is 13.2. The van der Waals surface area contributed by atoms with Gasteiger partial charge in [-0.3, -0.25) is 0 Å². The molecule has 1 aromatic heterocycles. The van der Waals surface area contributed by atoms with E-state index in [0.717, 1.165) is 16.9 Å². The predicted octanol–water partition coefficient (Wildman–Crippen LogP) is 4.18. The molecule has 1 heterocycles. The Morgan fingerprint density at radius 1 is 1.14 bits per heavy atom. The molecule has 3 rings (SSSR count). The van der Waals surface area contributed by atoms with Crippen molar-refractivity contribution in [3.05, 3.63) is 78.6 Å². The molecule has 2 aromatic carbocycles. The molecule has 0 aliphatic carbocycles. The SMILES string of the molecule is CC(Nc1cccc(F)c1)c1ccc(-n2ccnc2)cc1. The minimum Gasteiger partial charge on any atom is -0.378 e. The molecule has 0 bridgehead atoms. The van der Waals surface area contributed by atoms with Crippen LogP contribution in [0.4, 0.5) is 10.1 Å². The fraction of sp³-hybridized carbons (Fsp3) is 0.118. The molecule has 0 saturated heterocycles. The fourth-order valence-corrected chi connectivity index (χ4v) is 2.26. The Hall–Kier alpha value is -2.62. The highest BCUT2D eigenvalue weighted by molar-refractivity contribution is 5.46. The second-order valence-electron chi connectivity index (χ2n) is 4.94. The van der Waals surface area contributed by atoms with Gasteiger partial charge in [0.05, 0.1) is 6.33 Å². The first-order chi connectivity index (χ1) is 10.2. The zero-order valence-corrected chi connectivity index (χ0v) is 11.7. The molecule has 3 nitrogen and oxygen atoms in total. The zero-order chi connectivity index (χ0) is 14.7. The monoisotopic (exact) mass is 281 g/mol. The van der Waals surface area contributed by atoms with Gasteiger partial charge in [0, 0.05) is 29.8 Å².